The summed E-state index contributed by atoms with van der Waals surface area (Å²) in [7, 11) is -0.851. The maximum Gasteiger partial charge on any atom is 0.301 e. The molecule has 0 bridgehead atoms. The molecule has 1 N–H and O–H groups in total. The van der Waals surface area contributed by atoms with E-state index in [0.717, 1.165) is 16.6 Å². The molecule has 0 amide bonds. The maximum absolute atomic E-state index is 12.6. The molecule has 0 spiro atoms. The monoisotopic (exact) mass is 219 g/mol. The Morgan fingerprint density at radius 2 is 2.07 bits per heavy atom. The molecule has 5 nitrogen and oxygen atoms in total. The van der Waals surface area contributed by atoms with Crippen LogP contribution in [-0.4, -0.2) is 31.8 Å². The van der Waals surface area contributed by atoms with E-state index in [1.54, 1.807) is 0 Å². The van der Waals surface area contributed by atoms with Crippen LogP contribution in [0.1, 0.15) is 0 Å². The van der Waals surface area contributed by atoms with E-state index in [1.807, 2.05) is 0 Å². The summed E-state index contributed by atoms with van der Waals surface area (Å²) in [4.78, 5) is 3.51. The molecule has 0 aliphatic carbocycles. The molecule has 1 rings (SSSR count). The van der Waals surface area contributed by atoms with Crippen LogP contribution in [0.4, 0.5) is 10.1 Å². The second-order valence-electron chi connectivity index (χ2n) is 2.78. The van der Waals surface area contributed by atoms with Gasteiger partial charge in [0.2, 0.25) is 0 Å². The van der Waals surface area contributed by atoms with Gasteiger partial charge >= 0.3 is 10.2 Å². The van der Waals surface area contributed by atoms with Gasteiger partial charge in [0.05, 0.1) is 18.1 Å². The van der Waals surface area contributed by atoms with Gasteiger partial charge in [0, 0.05) is 20.2 Å². The highest BCUT2D eigenvalue weighted by molar-refractivity contribution is 7.90. The summed E-state index contributed by atoms with van der Waals surface area (Å²) in [6.07, 6.45) is 2.22. The van der Waals surface area contributed by atoms with Gasteiger partial charge in [-0.15, -0.1) is 0 Å². The van der Waals surface area contributed by atoms with Gasteiger partial charge in [0.25, 0.3) is 0 Å². The van der Waals surface area contributed by atoms with Crippen LogP contribution >= 0.6 is 0 Å². The lowest BCUT2D eigenvalue weighted by Crippen LogP contribution is -2.28. The van der Waals surface area contributed by atoms with Gasteiger partial charge in [-0.05, 0) is 0 Å². The minimum atomic E-state index is -3.59. The smallest absolute Gasteiger partial charge is 0.269 e. The Hall–Kier alpha value is -1.21. The number of anilines is 1. The van der Waals surface area contributed by atoms with Crippen molar-refractivity contribution in [1.29, 1.82) is 0 Å². The van der Waals surface area contributed by atoms with Crippen LogP contribution in [0.3, 0.4) is 0 Å². The summed E-state index contributed by atoms with van der Waals surface area (Å²) in [5, 5.41) is 0. The zero-order chi connectivity index (χ0) is 10.8. The summed E-state index contributed by atoms with van der Waals surface area (Å²) in [6.45, 7) is 0. The predicted molar refractivity (Wildman–Crippen MR) is 50.4 cm³/mol. The normalized spacial score (nSPS) is 11.7. The zero-order valence-corrected chi connectivity index (χ0v) is 8.55. The Morgan fingerprint density at radius 1 is 1.43 bits per heavy atom. The number of hydrogen-bond donors (Lipinski definition) is 1. The van der Waals surface area contributed by atoms with Gasteiger partial charge in [-0.25, -0.2) is 4.39 Å². The first kappa shape index (κ1) is 10.9. The third-order valence-electron chi connectivity index (χ3n) is 1.43. The molecule has 0 aromatic carbocycles. The van der Waals surface area contributed by atoms with Crippen molar-refractivity contribution >= 4 is 15.9 Å². The minimum absolute atomic E-state index is 0.0960. The predicted octanol–water partition coefficient (Wildman–Crippen LogP) is 0.439. The Balaban J connectivity index is 2.90. The molecule has 1 aromatic heterocycles. The van der Waals surface area contributed by atoms with E-state index in [4.69, 9.17) is 0 Å². The number of halogens is 1. The van der Waals surface area contributed by atoms with E-state index in [9.17, 15) is 12.8 Å². The fraction of sp³-hybridized carbons (Fsp3) is 0.286. The van der Waals surface area contributed by atoms with Crippen LogP contribution < -0.4 is 4.72 Å². The van der Waals surface area contributed by atoms with Gasteiger partial charge in [0.1, 0.15) is 5.82 Å². The second kappa shape index (κ2) is 3.89. The number of hydrogen-bond acceptors (Lipinski definition) is 3. The Morgan fingerprint density at radius 3 is 2.57 bits per heavy atom. The third kappa shape index (κ3) is 2.64. The van der Waals surface area contributed by atoms with Gasteiger partial charge in [-0.2, -0.15) is 12.7 Å². The molecular formula is C7H10FN3O2S. The van der Waals surface area contributed by atoms with Gasteiger partial charge in [-0.1, -0.05) is 0 Å². The lowest BCUT2D eigenvalue weighted by Gasteiger charge is -2.12. The van der Waals surface area contributed by atoms with E-state index < -0.39 is 16.0 Å². The molecule has 14 heavy (non-hydrogen) atoms. The summed E-state index contributed by atoms with van der Waals surface area (Å²) >= 11 is 0. The Kier molecular flexibility index (Phi) is 3.02. The summed E-state index contributed by atoms with van der Waals surface area (Å²) in [5.41, 5.74) is 0.0960. The second-order valence-corrected chi connectivity index (χ2v) is 4.67. The van der Waals surface area contributed by atoms with Crippen molar-refractivity contribution in [2.45, 2.75) is 0 Å². The molecular weight excluding hydrogens is 209 g/mol. The van der Waals surface area contributed by atoms with E-state index in [2.05, 4.69) is 9.71 Å². The molecule has 1 heterocycles. The van der Waals surface area contributed by atoms with Gasteiger partial charge in [0.15, 0.2) is 0 Å². The molecule has 0 unspecified atom stereocenters. The molecule has 0 fully saturated rings. The van der Waals surface area contributed by atoms with Crippen molar-refractivity contribution < 1.29 is 12.8 Å². The van der Waals surface area contributed by atoms with Crippen LogP contribution in [0.15, 0.2) is 18.5 Å². The fourth-order valence-corrected chi connectivity index (χ4v) is 1.30. The van der Waals surface area contributed by atoms with Crippen LogP contribution in [0.2, 0.25) is 0 Å². The maximum atomic E-state index is 12.6. The van der Waals surface area contributed by atoms with E-state index >= 15 is 0 Å². The van der Waals surface area contributed by atoms with Gasteiger partial charge in [-0.3, -0.25) is 9.71 Å². The number of pyridine rings is 1. The highest BCUT2D eigenvalue weighted by Crippen LogP contribution is 2.09. The summed E-state index contributed by atoms with van der Waals surface area (Å²) in [6, 6.07) is 1.05. The van der Waals surface area contributed by atoms with Gasteiger partial charge < -0.3 is 0 Å². The van der Waals surface area contributed by atoms with Crippen molar-refractivity contribution in [1.82, 2.24) is 9.29 Å². The molecule has 0 saturated carbocycles. The van der Waals surface area contributed by atoms with E-state index in [1.165, 1.54) is 20.3 Å². The Bertz CT molecular complexity index is 419. The van der Waals surface area contributed by atoms with Crippen LogP contribution in [-0.2, 0) is 10.2 Å². The summed E-state index contributed by atoms with van der Waals surface area (Å²) < 4.78 is 38.3. The molecule has 0 aliphatic rings. The van der Waals surface area contributed by atoms with Crippen molar-refractivity contribution in [3.8, 4) is 0 Å². The SMILES string of the molecule is CN(C)S(=O)(=O)Nc1cncc(F)c1. The Labute approximate surface area is 81.8 Å². The molecule has 7 heteroatoms. The standard InChI is InChI=1S/C7H10FN3O2S/c1-11(2)14(12,13)10-7-3-6(8)4-9-5-7/h3-5,10H,1-2H3. The van der Waals surface area contributed by atoms with E-state index in [-0.39, 0.29) is 5.69 Å². The van der Waals surface area contributed by atoms with Crippen LogP contribution in [0, 0.1) is 5.82 Å². The topological polar surface area (TPSA) is 62.3 Å². The number of rotatable bonds is 3. The number of aromatic nitrogens is 1. The quantitative estimate of drug-likeness (QED) is 0.802. The van der Waals surface area contributed by atoms with Crippen LogP contribution in [0.5, 0.6) is 0 Å². The minimum Gasteiger partial charge on any atom is -0.269 e. The first-order valence-electron chi connectivity index (χ1n) is 3.72. The van der Waals surface area contributed by atoms with Crippen LogP contribution in [0.25, 0.3) is 0 Å². The van der Waals surface area contributed by atoms with Crippen molar-refractivity contribution in [3.05, 3.63) is 24.3 Å². The highest BCUT2D eigenvalue weighted by Gasteiger charge is 2.12. The van der Waals surface area contributed by atoms with Crippen molar-refractivity contribution in [2.24, 2.45) is 0 Å². The zero-order valence-electron chi connectivity index (χ0n) is 7.73. The first-order valence-corrected chi connectivity index (χ1v) is 5.16. The number of nitrogens with zero attached hydrogens (tertiary/aromatic N) is 2. The lowest BCUT2D eigenvalue weighted by molar-refractivity contribution is 0.526. The molecule has 0 aliphatic heterocycles. The fourth-order valence-electron chi connectivity index (χ4n) is 0.708. The summed E-state index contributed by atoms with van der Waals surface area (Å²) in [5.74, 6) is -0.594. The molecule has 0 atom stereocenters. The molecule has 0 radical (unpaired) electrons. The highest BCUT2D eigenvalue weighted by atomic mass is 32.2. The third-order valence-corrected chi connectivity index (χ3v) is 2.89. The van der Waals surface area contributed by atoms with Crippen molar-refractivity contribution in [2.75, 3.05) is 18.8 Å². The molecule has 1 aromatic rings. The average Bonchev–Trinajstić information content (AvgIpc) is 2.02. The number of nitrogens with one attached hydrogen (secondary N) is 1. The average molecular weight is 219 g/mol. The lowest BCUT2D eigenvalue weighted by atomic mass is 10.4. The van der Waals surface area contributed by atoms with E-state index in [0.29, 0.717) is 0 Å². The van der Waals surface area contributed by atoms with Crippen molar-refractivity contribution in [3.63, 3.8) is 0 Å². The first-order chi connectivity index (χ1) is 6.42. The molecule has 78 valence electrons. The molecule has 0 saturated heterocycles. The largest absolute Gasteiger partial charge is 0.301 e.